The van der Waals surface area contributed by atoms with E-state index in [4.69, 9.17) is 11.6 Å². The van der Waals surface area contributed by atoms with Gasteiger partial charge in [-0.05, 0) is 39.3 Å². The minimum atomic E-state index is -5.19. The first-order chi connectivity index (χ1) is 18.3. The minimum absolute atomic E-state index is 0.0112. The van der Waals surface area contributed by atoms with Crippen LogP contribution in [-0.4, -0.2) is 50.1 Å². The second-order valence-corrected chi connectivity index (χ2v) is 10.0. The van der Waals surface area contributed by atoms with Crippen LogP contribution in [0, 0.1) is 24.0 Å². The summed E-state index contributed by atoms with van der Waals surface area (Å²) in [7, 11) is 0. The molecule has 0 aliphatic carbocycles. The van der Waals surface area contributed by atoms with Gasteiger partial charge in [-0.1, -0.05) is 23.7 Å². The summed E-state index contributed by atoms with van der Waals surface area (Å²) in [6, 6.07) is 6.49. The molecule has 1 saturated heterocycles. The van der Waals surface area contributed by atoms with Crippen LogP contribution >= 0.6 is 11.6 Å². The molecular formula is C25H25ClF5N5O3. The van der Waals surface area contributed by atoms with Gasteiger partial charge in [0.1, 0.15) is 11.6 Å². The average Bonchev–Trinajstić information content (AvgIpc) is 3.24. The number of piperidine rings is 1. The third-order valence-corrected chi connectivity index (χ3v) is 7.02. The lowest BCUT2D eigenvalue weighted by molar-refractivity contribution is -0.275. The van der Waals surface area contributed by atoms with Gasteiger partial charge in [-0.15, -0.1) is 13.2 Å². The lowest BCUT2D eigenvalue weighted by Gasteiger charge is -2.43. The molecule has 3 heterocycles. The number of pyridine rings is 1. The van der Waals surface area contributed by atoms with E-state index in [1.54, 1.807) is 32.0 Å². The van der Waals surface area contributed by atoms with Crippen LogP contribution in [0.3, 0.4) is 0 Å². The number of carboxylic acid groups (broad SMARTS) is 1. The van der Waals surface area contributed by atoms with Gasteiger partial charge < -0.3 is 15.2 Å². The van der Waals surface area contributed by atoms with E-state index in [9.17, 15) is 27.5 Å². The Balaban J connectivity index is 1.62. The van der Waals surface area contributed by atoms with Crippen molar-refractivity contribution < 1.29 is 36.6 Å². The number of aliphatic carboxylic acids is 1. The number of H-pyrrole nitrogens is 1. The van der Waals surface area contributed by atoms with Crippen LogP contribution in [0.2, 0.25) is 5.02 Å². The number of aromatic nitrogens is 3. The molecule has 0 bridgehead atoms. The zero-order valence-electron chi connectivity index (χ0n) is 20.9. The van der Waals surface area contributed by atoms with Crippen molar-refractivity contribution in [2.24, 2.45) is 5.41 Å². The summed E-state index contributed by atoms with van der Waals surface area (Å²) >= 11 is 5.87. The monoisotopic (exact) mass is 573 g/mol. The summed E-state index contributed by atoms with van der Waals surface area (Å²) in [5.41, 5.74) is -1.07. The number of carboxylic acids is 1. The first-order valence-electron chi connectivity index (χ1n) is 11.9. The molecule has 0 saturated carbocycles. The molecule has 1 aliphatic rings. The highest BCUT2D eigenvalue weighted by molar-refractivity contribution is 6.30. The van der Waals surface area contributed by atoms with E-state index < -0.39 is 53.3 Å². The van der Waals surface area contributed by atoms with Crippen LogP contribution in [0.1, 0.15) is 36.7 Å². The number of nitrogens with zero attached hydrogens (tertiary/aromatic N) is 3. The molecule has 2 atom stereocenters. The van der Waals surface area contributed by atoms with Crippen molar-refractivity contribution in [2.45, 2.75) is 52.1 Å². The highest BCUT2D eigenvalue weighted by atomic mass is 35.5. The topological polar surface area (TPSA) is 103 Å². The quantitative estimate of drug-likeness (QED) is 0.285. The maximum atomic E-state index is 15.3. The van der Waals surface area contributed by atoms with Gasteiger partial charge in [-0.3, -0.25) is 14.8 Å². The molecule has 4 rings (SSSR count). The van der Waals surface area contributed by atoms with Gasteiger partial charge in [0.2, 0.25) is 0 Å². The van der Waals surface area contributed by atoms with Crippen LogP contribution in [0.15, 0.2) is 30.3 Å². The summed E-state index contributed by atoms with van der Waals surface area (Å²) in [6.07, 6.45) is -5.67. The smallest absolute Gasteiger partial charge is 0.481 e. The van der Waals surface area contributed by atoms with Crippen molar-refractivity contribution in [3.63, 3.8) is 0 Å². The molecule has 1 aliphatic heterocycles. The Morgan fingerprint density at radius 3 is 2.64 bits per heavy atom. The van der Waals surface area contributed by atoms with E-state index in [2.05, 4.69) is 25.2 Å². The lowest BCUT2D eigenvalue weighted by atomic mass is 9.72. The second-order valence-electron chi connectivity index (χ2n) is 9.62. The Morgan fingerprint density at radius 1 is 1.28 bits per heavy atom. The highest BCUT2D eigenvalue weighted by Crippen LogP contribution is 2.41. The van der Waals surface area contributed by atoms with Crippen LogP contribution in [-0.2, 0) is 17.8 Å². The zero-order valence-corrected chi connectivity index (χ0v) is 21.6. The number of aryl methyl sites for hydroxylation is 1. The summed E-state index contributed by atoms with van der Waals surface area (Å²) < 4.78 is 72.6. The molecule has 8 nitrogen and oxygen atoms in total. The lowest BCUT2D eigenvalue weighted by Crippen LogP contribution is -2.50. The van der Waals surface area contributed by atoms with Gasteiger partial charge in [-0.2, -0.15) is 5.10 Å². The zero-order chi connectivity index (χ0) is 28.5. The number of hydrogen-bond donors (Lipinski definition) is 3. The Kier molecular flexibility index (Phi) is 8.03. The second kappa shape index (κ2) is 11.0. The number of likely N-dealkylation sites (tertiary alicyclic amines) is 1. The SMILES string of the molecule is Cc1cc(Nc2cc(OC(F)(F)F)c(F)c(C[C@@]3(C(=O)O)CCN(Cc4cccc(Cl)c4F)[C@H](C)C3)n2)n[nH]1. The third kappa shape index (κ3) is 6.59. The first kappa shape index (κ1) is 28.6. The number of anilines is 2. The third-order valence-electron chi connectivity index (χ3n) is 6.73. The number of rotatable bonds is 8. The van der Waals surface area contributed by atoms with Crippen molar-refractivity contribution in [1.29, 1.82) is 0 Å². The van der Waals surface area contributed by atoms with Crippen LogP contribution in [0.4, 0.5) is 33.6 Å². The van der Waals surface area contributed by atoms with E-state index >= 15 is 4.39 Å². The number of aromatic amines is 1. The fourth-order valence-corrected chi connectivity index (χ4v) is 4.99. The van der Waals surface area contributed by atoms with Gasteiger partial charge in [0.05, 0.1) is 16.1 Å². The van der Waals surface area contributed by atoms with E-state index in [0.717, 1.165) is 6.07 Å². The summed E-state index contributed by atoms with van der Waals surface area (Å²) in [5.74, 6) is -4.37. The minimum Gasteiger partial charge on any atom is -0.481 e. The van der Waals surface area contributed by atoms with Crippen LogP contribution in [0.25, 0.3) is 0 Å². The van der Waals surface area contributed by atoms with E-state index in [1.165, 1.54) is 6.07 Å². The standard InChI is InChI=1S/C25H25ClF5N5O3/c1-13-8-20(35-34-13)33-19-9-18(39-25(29,30)31)22(28)17(32-19)11-24(23(37)38)6-7-36(14(2)10-24)12-15-4-3-5-16(26)21(15)27/h3-5,8-9,14H,6-7,10-12H2,1-2H3,(H,37,38)(H2,32,33,34,35)/t14-,24-/m1/s1. The Labute approximate surface area is 225 Å². The number of hydrogen-bond acceptors (Lipinski definition) is 6. The molecule has 1 fully saturated rings. The predicted molar refractivity (Wildman–Crippen MR) is 132 cm³/mol. The van der Waals surface area contributed by atoms with Gasteiger partial charge in [0, 0.05) is 42.4 Å². The van der Waals surface area contributed by atoms with Crippen molar-refractivity contribution in [3.05, 3.63) is 63.9 Å². The predicted octanol–water partition coefficient (Wildman–Crippen LogP) is 5.98. The fourth-order valence-electron chi connectivity index (χ4n) is 4.80. The number of alkyl halides is 3. The maximum Gasteiger partial charge on any atom is 0.573 e. The summed E-state index contributed by atoms with van der Waals surface area (Å²) in [4.78, 5) is 18.5. The molecule has 2 aromatic heterocycles. The Bertz CT molecular complexity index is 1370. The van der Waals surface area contributed by atoms with Crippen LogP contribution < -0.4 is 10.1 Å². The molecule has 0 unspecified atom stereocenters. The molecule has 3 aromatic rings. The molecule has 0 amide bonds. The van der Waals surface area contributed by atoms with Crippen molar-refractivity contribution in [2.75, 3.05) is 11.9 Å². The van der Waals surface area contributed by atoms with Gasteiger partial charge in [0.15, 0.2) is 17.4 Å². The fraction of sp³-hybridized carbons (Fsp3) is 0.400. The summed E-state index contributed by atoms with van der Waals surface area (Å²) in [6.45, 7) is 3.82. The molecule has 39 heavy (non-hydrogen) atoms. The van der Waals surface area contributed by atoms with Gasteiger partial charge in [0.25, 0.3) is 0 Å². The highest BCUT2D eigenvalue weighted by Gasteiger charge is 2.46. The van der Waals surface area contributed by atoms with Crippen molar-refractivity contribution >= 4 is 29.2 Å². The molecule has 1 aromatic carbocycles. The average molecular weight is 574 g/mol. The van der Waals surface area contributed by atoms with Crippen molar-refractivity contribution in [3.8, 4) is 5.75 Å². The molecule has 3 N–H and O–H groups in total. The van der Waals surface area contributed by atoms with E-state index in [0.29, 0.717) is 11.3 Å². The van der Waals surface area contributed by atoms with Crippen LogP contribution in [0.5, 0.6) is 5.75 Å². The van der Waals surface area contributed by atoms with Gasteiger partial charge in [-0.25, -0.2) is 13.8 Å². The molecular weight excluding hydrogens is 549 g/mol. The number of carbonyl (C=O) groups is 1. The number of nitrogens with one attached hydrogen (secondary N) is 2. The van der Waals surface area contributed by atoms with Crippen molar-refractivity contribution in [1.82, 2.24) is 20.1 Å². The molecule has 14 heteroatoms. The first-order valence-corrected chi connectivity index (χ1v) is 12.3. The number of ether oxygens (including phenoxy) is 1. The largest absolute Gasteiger partial charge is 0.573 e. The maximum absolute atomic E-state index is 15.3. The van der Waals surface area contributed by atoms with E-state index in [-0.39, 0.29) is 42.6 Å². The number of halogens is 6. The Hall–Kier alpha value is -3.45. The van der Waals surface area contributed by atoms with E-state index in [1.807, 2.05) is 4.90 Å². The number of benzene rings is 1. The normalized spacial score (nSPS) is 20.2. The molecule has 0 radical (unpaired) electrons. The summed E-state index contributed by atoms with van der Waals surface area (Å²) in [5, 5.41) is 19.4. The van der Waals surface area contributed by atoms with Gasteiger partial charge >= 0.3 is 12.3 Å². The Morgan fingerprint density at radius 2 is 2.03 bits per heavy atom. The molecule has 0 spiro atoms. The molecule has 210 valence electrons.